The van der Waals surface area contributed by atoms with Gasteiger partial charge in [-0.15, -0.1) is 0 Å². The van der Waals surface area contributed by atoms with E-state index in [4.69, 9.17) is 22.7 Å². The number of nitrogens with two attached hydrogens (primary N) is 1. The average Bonchev–Trinajstić information content (AvgIpc) is 2.30. The Bertz CT molecular complexity index is 397. The number of hydrogen-bond donors (Lipinski definition) is 1. The molecule has 0 aromatic heterocycles. The second kappa shape index (κ2) is 4.93. The van der Waals surface area contributed by atoms with E-state index in [0.29, 0.717) is 10.9 Å². The molecule has 2 rings (SSSR count). The van der Waals surface area contributed by atoms with Crippen molar-refractivity contribution in [1.82, 2.24) is 0 Å². The SMILES string of the molecule is Cc1cc(C(N)=S)ccc1C1CCCOC1. The van der Waals surface area contributed by atoms with Crippen LogP contribution < -0.4 is 5.73 Å². The van der Waals surface area contributed by atoms with Crippen LogP contribution in [0, 0.1) is 6.92 Å². The summed E-state index contributed by atoms with van der Waals surface area (Å²) in [5.41, 5.74) is 9.21. The maximum Gasteiger partial charge on any atom is 0.103 e. The molecule has 0 spiro atoms. The Morgan fingerprint density at radius 3 is 2.88 bits per heavy atom. The minimum Gasteiger partial charge on any atom is -0.389 e. The van der Waals surface area contributed by atoms with Crippen molar-refractivity contribution in [3.63, 3.8) is 0 Å². The normalized spacial score (nSPS) is 20.7. The summed E-state index contributed by atoms with van der Waals surface area (Å²) in [4.78, 5) is 0.467. The monoisotopic (exact) mass is 235 g/mol. The Labute approximate surface area is 102 Å². The van der Waals surface area contributed by atoms with Crippen LogP contribution in [-0.2, 0) is 4.74 Å². The third-order valence-electron chi connectivity index (χ3n) is 3.15. The highest BCUT2D eigenvalue weighted by Crippen LogP contribution is 2.28. The lowest BCUT2D eigenvalue weighted by atomic mass is 9.89. The molecular formula is C13H17NOS. The van der Waals surface area contributed by atoms with Crippen LogP contribution >= 0.6 is 12.2 Å². The average molecular weight is 235 g/mol. The fourth-order valence-corrected chi connectivity index (χ4v) is 2.40. The molecule has 1 aromatic carbocycles. The summed E-state index contributed by atoms with van der Waals surface area (Å²) < 4.78 is 5.52. The lowest BCUT2D eigenvalue weighted by Crippen LogP contribution is -2.17. The lowest BCUT2D eigenvalue weighted by Gasteiger charge is -2.24. The number of rotatable bonds is 2. The first kappa shape index (κ1) is 11.6. The molecule has 0 bridgehead atoms. The Hall–Kier alpha value is -0.930. The van der Waals surface area contributed by atoms with Crippen LogP contribution in [0.5, 0.6) is 0 Å². The Morgan fingerprint density at radius 1 is 1.50 bits per heavy atom. The van der Waals surface area contributed by atoms with Crippen molar-refractivity contribution in [3.05, 3.63) is 34.9 Å². The molecule has 1 aliphatic rings. The van der Waals surface area contributed by atoms with Gasteiger partial charge >= 0.3 is 0 Å². The van der Waals surface area contributed by atoms with Crippen molar-refractivity contribution in [1.29, 1.82) is 0 Å². The number of aryl methyl sites for hydroxylation is 1. The molecule has 0 aliphatic carbocycles. The Morgan fingerprint density at radius 2 is 2.31 bits per heavy atom. The van der Waals surface area contributed by atoms with E-state index in [-0.39, 0.29) is 0 Å². The molecule has 1 unspecified atom stereocenters. The summed E-state index contributed by atoms with van der Waals surface area (Å²) in [6, 6.07) is 6.23. The quantitative estimate of drug-likeness (QED) is 0.800. The van der Waals surface area contributed by atoms with Crippen molar-refractivity contribution in [2.45, 2.75) is 25.7 Å². The fraction of sp³-hybridized carbons (Fsp3) is 0.462. The van der Waals surface area contributed by atoms with E-state index in [9.17, 15) is 0 Å². The van der Waals surface area contributed by atoms with Crippen LogP contribution in [0.4, 0.5) is 0 Å². The van der Waals surface area contributed by atoms with Crippen molar-refractivity contribution < 1.29 is 4.74 Å². The molecule has 1 aromatic rings. The van der Waals surface area contributed by atoms with Gasteiger partial charge in [0, 0.05) is 18.1 Å². The second-order valence-corrected chi connectivity index (χ2v) is 4.79. The summed E-state index contributed by atoms with van der Waals surface area (Å²) in [5.74, 6) is 0.536. The zero-order chi connectivity index (χ0) is 11.5. The molecule has 86 valence electrons. The second-order valence-electron chi connectivity index (χ2n) is 4.35. The molecule has 1 saturated heterocycles. The van der Waals surface area contributed by atoms with Crippen molar-refractivity contribution in [2.24, 2.45) is 5.73 Å². The molecular weight excluding hydrogens is 218 g/mol. The molecule has 0 radical (unpaired) electrons. The van der Waals surface area contributed by atoms with Gasteiger partial charge in [-0.05, 0) is 37.0 Å². The van der Waals surface area contributed by atoms with Crippen molar-refractivity contribution in [2.75, 3.05) is 13.2 Å². The van der Waals surface area contributed by atoms with Gasteiger partial charge in [0.1, 0.15) is 4.99 Å². The summed E-state index contributed by atoms with van der Waals surface area (Å²) in [6.45, 7) is 3.86. The zero-order valence-electron chi connectivity index (χ0n) is 9.53. The molecule has 0 saturated carbocycles. The van der Waals surface area contributed by atoms with Gasteiger partial charge in [0.05, 0.1) is 6.61 Å². The predicted octanol–water partition coefficient (Wildman–Crippen LogP) is 2.52. The van der Waals surface area contributed by atoms with Crippen LogP contribution in [0.2, 0.25) is 0 Å². The van der Waals surface area contributed by atoms with E-state index >= 15 is 0 Å². The minimum absolute atomic E-state index is 0.467. The Balaban J connectivity index is 2.24. The van der Waals surface area contributed by atoms with Gasteiger partial charge in [0.25, 0.3) is 0 Å². The maximum absolute atomic E-state index is 5.62. The first-order valence-corrected chi connectivity index (χ1v) is 6.07. The summed E-state index contributed by atoms with van der Waals surface area (Å²) in [5, 5.41) is 0. The highest BCUT2D eigenvalue weighted by Gasteiger charge is 2.17. The standard InChI is InChI=1S/C13H17NOS/c1-9-7-10(13(14)16)4-5-12(9)11-3-2-6-15-8-11/h4-5,7,11H,2-3,6,8H2,1H3,(H2,14,16). The largest absolute Gasteiger partial charge is 0.389 e. The van der Waals surface area contributed by atoms with Crippen LogP contribution in [0.25, 0.3) is 0 Å². The van der Waals surface area contributed by atoms with E-state index in [2.05, 4.69) is 19.1 Å². The third kappa shape index (κ3) is 2.42. The van der Waals surface area contributed by atoms with Crippen LogP contribution in [0.3, 0.4) is 0 Å². The number of benzene rings is 1. The summed E-state index contributed by atoms with van der Waals surface area (Å²) >= 11 is 4.97. The number of hydrogen-bond acceptors (Lipinski definition) is 2. The first-order chi connectivity index (χ1) is 7.68. The number of thiocarbonyl (C=S) groups is 1. The van der Waals surface area contributed by atoms with E-state index in [1.165, 1.54) is 17.5 Å². The van der Waals surface area contributed by atoms with E-state index in [0.717, 1.165) is 25.2 Å². The topological polar surface area (TPSA) is 35.2 Å². The molecule has 1 heterocycles. The highest BCUT2D eigenvalue weighted by atomic mass is 32.1. The molecule has 3 heteroatoms. The maximum atomic E-state index is 5.62. The van der Waals surface area contributed by atoms with Gasteiger partial charge in [-0.25, -0.2) is 0 Å². The van der Waals surface area contributed by atoms with Crippen LogP contribution in [0.15, 0.2) is 18.2 Å². The fourth-order valence-electron chi connectivity index (χ4n) is 2.27. The molecule has 1 aliphatic heterocycles. The highest BCUT2D eigenvalue weighted by molar-refractivity contribution is 7.80. The van der Waals surface area contributed by atoms with Crippen LogP contribution in [0.1, 0.15) is 35.4 Å². The molecule has 2 N–H and O–H groups in total. The Kier molecular flexibility index (Phi) is 3.56. The van der Waals surface area contributed by atoms with Gasteiger partial charge in [-0.3, -0.25) is 0 Å². The predicted molar refractivity (Wildman–Crippen MR) is 69.9 cm³/mol. The van der Waals surface area contributed by atoms with Crippen molar-refractivity contribution >= 4 is 17.2 Å². The van der Waals surface area contributed by atoms with Crippen molar-refractivity contribution in [3.8, 4) is 0 Å². The van der Waals surface area contributed by atoms with Crippen LogP contribution in [-0.4, -0.2) is 18.2 Å². The zero-order valence-corrected chi connectivity index (χ0v) is 10.3. The minimum atomic E-state index is 0.467. The molecule has 0 amide bonds. The first-order valence-electron chi connectivity index (χ1n) is 5.66. The third-order valence-corrected chi connectivity index (χ3v) is 3.39. The van der Waals surface area contributed by atoms with Gasteiger partial charge in [-0.1, -0.05) is 24.4 Å². The van der Waals surface area contributed by atoms with E-state index in [1.807, 2.05) is 6.07 Å². The molecule has 1 fully saturated rings. The lowest BCUT2D eigenvalue weighted by molar-refractivity contribution is 0.0803. The van der Waals surface area contributed by atoms with Gasteiger partial charge in [0.15, 0.2) is 0 Å². The van der Waals surface area contributed by atoms with E-state index < -0.39 is 0 Å². The summed E-state index contributed by atoms with van der Waals surface area (Å²) in [7, 11) is 0. The van der Waals surface area contributed by atoms with Gasteiger partial charge < -0.3 is 10.5 Å². The molecule has 1 atom stereocenters. The summed E-state index contributed by atoms with van der Waals surface area (Å²) in [6.07, 6.45) is 2.37. The number of ether oxygens (including phenoxy) is 1. The van der Waals surface area contributed by atoms with E-state index in [1.54, 1.807) is 0 Å². The molecule has 2 nitrogen and oxygen atoms in total. The van der Waals surface area contributed by atoms with Gasteiger partial charge in [-0.2, -0.15) is 0 Å². The smallest absolute Gasteiger partial charge is 0.103 e. The molecule has 16 heavy (non-hydrogen) atoms. The van der Waals surface area contributed by atoms with Gasteiger partial charge in [0.2, 0.25) is 0 Å².